The topological polar surface area (TPSA) is 79.4 Å². The highest BCUT2D eigenvalue weighted by Gasteiger charge is 2.06. The second-order valence-corrected chi connectivity index (χ2v) is 5.77. The Morgan fingerprint density at radius 1 is 1.20 bits per heavy atom. The predicted octanol–water partition coefficient (Wildman–Crippen LogP) is 2.76. The smallest absolute Gasteiger partial charge is 0.338 e. The summed E-state index contributed by atoms with van der Waals surface area (Å²) in [6, 6.07) is 8.88. The van der Waals surface area contributed by atoms with Gasteiger partial charge in [0.1, 0.15) is 5.82 Å². The van der Waals surface area contributed by atoms with Crippen LogP contribution in [-0.4, -0.2) is 54.6 Å². The average molecular weight is 343 g/mol. The molecule has 0 amide bonds. The summed E-state index contributed by atoms with van der Waals surface area (Å²) in [5.74, 6) is 0.959. The van der Waals surface area contributed by atoms with Gasteiger partial charge in [-0.2, -0.15) is 4.98 Å². The fourth-order valence-electron chi connectivity index (χ4n) is 2.16. The van der Waals surface area contributed by atoms with E-state index in [2.05, 4.69) is 25.5 Å². The highest BCUT2D eigenvalue weighted by Crippen LogP contribution is 2.16. The summed E-state index contributed by atoms with van der Waals surface area (Å²) < 4.78 is 4.97. The molecule has 0 atom stereocenters. The minimum atomic E-state index is -0.319. The molecule has 0 radical (unpaired) electrons. The Kier molecular flexibility index (Phi) is 7.16. The van der Waals surface area contributed by atoms with Gasteiger partial charge in [-0.3, -0.25) is 0 Å². The number of hydrogen-bond acceptors (Lipinski definition) is 7. The summed E-state index contributed by atoms with van der Waals surface area (Å²) in [6.07, 6.45) is 2.72. The van der Waals surface area contributed by atoms with E-state index in [0.717, 1.165) is 25.2 Å². The quantitative estimate of drug-likeness (QED) is 0.535. The first kappa shape index (κ1) is 18.7. The zero-order valence-corrected chi connectivity index (χ0v) is 15.0. The van der Waals surface area contributed by atoms with Gasteiger partial charge in [-0.05, 0) is 64.3 Å². The number of ether oxygens (including phenoxy) is 1. The van der Waals surface area contributed by atoms with Crippen LogP contribution >= 0.6 is 0 Å². The van der Waals surface area contributed by atoms with Crippen LogP contribution in [0.5, 0.6) is 0 Å². The van der Waals surface area contributed by atoms with Crippen molar-refractivity contribution in [3.8, 4) is 0 Å². The van der Waals surface area contributed by atoms with E-state index in [4.69, 9.17) is 4.74 Å². The number of carbonyl (C=O) groups excluding carboxylic acids is 1. The molecule has 1 aromatic carbocycles. The lowest BCUT2D eigenvalue weighted by Gasteiger charge is -2.11. The van der Waals surface area contributed by atoms with Crippen LogP contribution < -0.4 is 10.6 Å². The van der Waals surface area contributed by atoms with Gasteiger partial charge in [-0.25, -0.2) is 9.78 Å². The number of aromatic nitrogens is 2. The number of esters is 1. The summed E-state index contributed by atoms with van der Waals surface area (Å²) in [4.78, 5) is 22.4. The van der Waals surface area contributed by atoms with Crippen molar-refractivity contribution >= 4 is 23.4 Å². The molecule has 0 aliphatic heterocycles. The third-order valence-corrected chi connectivity index (χ3v) is 3.39. The molecule has 0 saturated carbocycles. The molecule has 2 aromatic rings. The molecule has 0 unspecified atom stereocenters. The largest absolute Gasteiger partial charge is 0.462 e. The lowest BCUT2D eigenvalue weighted by Crippen LogP contribution is -2.17. The van der Waals surface area contributed by atoms with Crippen LogP contribution in [-0.2, 0) is 4.74 Å². The van der Waals surface area contributed by atoms with E-state index in [1.165, 1.54) is 0 Å². The second kappa shape index (κ2) is 9.58. The minimum Gasteiger partial charge on any atom is -0.462 e. The van der Waals surface area contributed by atoms with Crippen LogP contribution in [0.25, 0.3) is 0 Å². The molecule has 2 rings (SSSR count). The first-order valence-corrected chi connectivity index (χ1v) is 8.34. The van der Waals surface area contributed by atoms with Crippen molar-refractivity contribution in [2.24, 2.45) is 0 Å². The van der Waals surface area contributed by atoms with Crippen LogP contribution in [0.4, 0.5) is 17.5 Å². The number of anilines is 3. The van der Waals surface area contributed by atoms with Gasteiger partial charge < -0.3 is 20.3 Å². The second-order valence-electron chi connectivity index (χ2n) is 5.77. The lowest BCUT2D eigenvalue weighted by molar-refractivity contribution is 0.0526. The molecule has 7 heteroatoms. The number of nitrogens with one attached hydrogen (secondary N) is 2. The zero-order valence-electron chi connectivity index (χ0n) is 15.0. The molecule has 1 heterocycles. The summed E-state index contributed by atoms with van der Waals surface area (Å²) in [5, 5.41) is 6.41. The van der Waals surface area contributed by atoms with Gasteiger partial charge in [0.2, 0.25) is 5.95 Å². The number of rotatable bonds is 9. The summed E-state index contributed by atoms with van der Waals surface area (Å²) in [5.41, 5.74) is 1.36. The van der Waals surface area contributed by atoms with E-state index in [1.807, 2.05) is 26.2 Å². The van der Waals surface area contributed by atoms with Gasteiger partial charge in [0.25, 0.3) is 0 Å². The Bertz CT molecular complexity index is 673. The van der Waals surface area contributed by atoms with E-state index in [9.17, 15) is 4.79 Å². The van der Waals surface area contributed by atoms with Crippen molar-refractivity contribution in [3.63, 3.8) is 0 Å². The molecule has 7 nitrogen and oxygen atoms in total. The molecule has 0 bridgehead atoms. The van der Waals surface area contributed by atoms with Crippen molar-refractivity contribution in [2.75, 3.05) is 44.4 Å². The number of carbonyl (C=O) groups is 1. The first-order chi connectivity index (χ1) is 12.1. The third kappa shape index (κ3) is 6.39. The molecule has 0 saturated heterocycles. The van der Waals surface area contributed by atoms with Gasteiger partial charge in [-0.1, -0.05) is 0 Å². The van der Waals surface area contributed by atoms with Gasteiger partial charge in [0.05, 0.1) is 12.2 Å². The number of nitrogens with zero attached hydrogens (tertiary/aromatic N) is 3. The fraction of sp³-hybridized carbons (Fsp3) is 0.389. The van der Waals surface area contributed by atoms with E-state index in [1.54, 1.807) is 31.3 Å². The van der Waals surface area contributed by atoms with Crippen molar-refractivity contribution in [1.29, 1.82) is 0 Å². The Morgan fingerprint density at radius 2 is 1.96 bits per heavy atom. The maximum absolute atomic E-state index is 11.7. The highest BCUT2D eigenvalue weighted by atomic mass is 16.5. The maximum Gasteiger partial charge on any atom is 0.338 e. The van der Waals surface area contributed by atoms with Crippen molar-refractivity contribution < 1.29 is 9.53 Å². The Morgan fingerprint density at radius 3 is 2.64 bits per heavy atom. The molecule has 0 spiro atoms. The minimum absolute atomic E-state index is 0.319. The van der Waals surface area contributed by atoms with Crippen LogP contribution in [0.1, 0.15) is 23.7 Å². The molecule has 25 heavy (non-hydrogen) atoms. The van der Waals surface area contributed by atoms with Gasteiger partial charge in [0, 0.05) is 18.4 Å². The predicted molar refractivity (Wildman–Crippen MR) is 99.4 cm³/mol. The Labute approximate surface area is 148 Å². The number of hydrogen-bond donors (Lipinski definition) is 2. The fourth-order valence-corrected chi connectivity index (χ4v) is 2.16. The lowest BCUT2D eigenvalue weighted by atomic mass is 10.2. The van der Waals surface area contributed by atoms with Crippen LogP contribution in [0, 0.1) is 0 Å². The van der Waals surface area contributed by atoms with Gasteiger partial charge >= 0.3 is 5.97 Å². The standard InChI is InChI=1S/C18H25N5O2/c1-4-25-17(24)14-6-8-15(9-7-14)21-16-10-12-20-18(22-16)19-11-5-13-23(2)3/h6-10,12H,4-5,11,13H2,1-3H3,(H2,19,20,21,22). The molecular formula is C18H25N5O2. The van der Waals surface area contributed by atoms with E-state index in [-0.39, 0.29) is 5.97 Å². The van der Waals surface area contributed by atoms with Crippen LogP contribution in [0.3, 0.4) is 0 Å². The summed E-state index contributed by atoms with van der Waals surface area (Å²) >= 11 is 0. The van der Waals surface area contributed by atoms with Crippen molar-refractivity contribution in [1.82, 2.24) is 14.9 Å². The average Bonchev–Trinajstić information content (AvgIpc) is 2.60. The van der Waals surface area contributed by atoms with Crippen molar-refractivity contribution in [2.45, 2.75) is 13.3 Å². The third-order valence-electron chi connectivity index (χ3n) is 3.39. The molecule has 0 aliphatic rings. The summed E-state index contributed by atoms with van der Waals surface area (Å²) in [6.45, 7) is 3.98. The van der Waals surface area contributed by atoms with Gasteiger partial charge in [-0.15, -0.1) is 0 Å². The molecular weight excluding hydrogens is 318 g/mol. The number of benzene rings is 1. The normalized spacial score (nSPS) is 10.6. The van der Waals surface area contributed by atoms with Crippen LogP contribution in [0.2, 0.25) is 0 Å². The first-order valence-electron chi connectivity index (χ1n) is 8.34. The SMILES string of the molecule is CCOC(=O)c1ccc(Nc2ccnc(NCCCN(C)C)n2)cc1. The Hall–Kier alpha value is -2.67. The van der Waals surface area contributed by atoms with E-state index < -0.39 is 0 Å². The van der Waals surface area contributed by atoms with Gasteiger partial charge in [0.15, 0.2) is 0 Å². The van der Waals surface area contributed by atoms with E-state index >= 15 is 0 Å². The molecule has 2 N–H and O–H groups in total. The molecule has 1 aromatic heterocycles. The van der Waals surface area contributed by atoms with E-state index in [0.29, 0.717) is 23.9 Å². The monoisotopic (exact) mass is 343 g/mol. The highest BCUT2D eigenvalue weighted by molar-refractivity contribution is 5.89. The maximum atomic E-state index is 11.7. The Balaban J connectivity index is 1.91. The molecule has 0 aliphatic carbocycles. The van der Waals surface area contributed by atoms with Crippen LogP contribution in [0.15, 0.2) is 36.5 Å². The molecule has 134 valence electrons. The molecule has 0 fully saturated rings. The summed E-state index contributed by atoms with van der Waals surface area (Å²) in [7, 11) is 4.10. The zero-order chi connectivity index (χ0) is 18.1. The van der Waals surface area contributed by atoms with Crippen molar-refractivity contribution in [3.05, 3.63) is 42.1 Å².